The van der Waals surface area contributed by atoms with E-state index in [1.54, 1.807) is 11.5 Å². The minimum Gasteiger partial charge on any atom is -0.451 e. The number of para-hydroxylation sites is 1. The van der Waals surface area contributed by atoms with E-state index in [1.807, 2.05) is 48.5 Å². The summed E-state index contributed by atoms with van der Waals surface area (Å²) in [5.41, 5.74) is 4.29. The molecule has 0 aliphatic heterocycles. The fourth-order valence-electron chi connectivity index (χ4n) is 2.13. The SMILES string of the molecule is O=C(NO)c1cc2cc(CNc3ccccc3)ccc2o1. The Morgan fingerprint density at radius 3 is 2.67 bits per heavy atom. The van der Waals surface area contributed by atoms with Crippen molar-refractivity contribution in [1.82, 2.24) is 5.48 Å². The Hall–Kier alpha value is -2.79. The highest BCUT2D eigenvalue weighted by Gasteiger charge is 2.11. The van der Waals surface area contributed by atoms with Crippen LogP contribution in [0, 0.1) is 0 Å². The van der Waals surface area contributed by atoms with E-state index < -0.39 is 5.91 Å². The van der Waals surface area contributed by atoms with Crippen molar-refractivity contribution in [3.05, 3.63) is 65.9 Å². The Kier molecular flexibility index (Phi) is 3.57. The summed E-state index contributed by atoms with van der Waals surface area (Å²) in [6.45, 7) is 0.673. The van der Waals surface area contributed by atoms with E-state index in [2.05, 4.69) is 5.32 Å². The molecule has 0 radical (unpaired) electrons. The van der Waals surface area contributed by atoms with Gasteiger partial charge in [0.15, 0.2) is 5.76 Å². The molecule has 0 saturated heterocycles. The Labute approximate surface area is 121 Å². The molecule has 2 aromatic carbocycles. The molecule has 0 atom stereocenters. The molecule has 0 aliphatic rings. The molecule has 0 aliphatic carbocycles. The van der Waals surface area contributed by atoms with Crippen molar-refractivity contribution in [2.24, 2.45) is 0 Å². The van der Waals surface area contributed by atoms with Gasteiger partial charge in [-0.25, -0.2) is 5.48 Å². The van der Waals surface area contributed by atoms with Gasteiger partial charge in [-0.1, -0.05) is 24.3 Å². The molecule has 106 valence electrons. The predicted molar refractivity (Wildman–Crippen MR) is 79.2 cm³/mol. The lowest BCUT2D eigenvalue weighted by molar-refractivity contribution is 0.0678. The minimum atomic E-state index is -0.657. The average Bonchev–Trinajstić information content (AvgIpc) is 2.96. The number of carbonyl (C=O) groups is 1. The number of amides is 1. The van der Waals surface area contributed by atoms with Gasteiger partial charge in [0, 0.05) is 17.6 Å². The van der Waals surface area contributed by atoms with Gasteiger partial charge in [-0.3, -0.25) is 10.0 Å². The van der Waals surface area contributed by atoms with E-state index in [4.69, 9.17) is 9.62 Å². The second-order valence-electron chi connectivity index (χ2n) is 4.64. The number of furan rings is 1. The molecule has 3 rings (SSSR count). The van der Waals surface area contributed by atoms with Crippen molar-refractivity contribution < 1.29 is 14.4 Å². The zero-order valence-corrected chi connectivity index (χ0v) is 11.2. The number of fused-ring (bicyclic) bond motifs is 1. The molecule has 5 heteroatoms. The molecule has 0 fully saturated rings. The van der Waals surface area contributed by atoms with Crippen molar-refractivity contribution >= 4 is 22.6 Å². The maximum atomic E-state index is 11.3. The third-order valence-corrected chi connectivity index (χ3v) is 3.18. The summed E-state index contributed by atoms with van der Waals surface area (Å²) >= 11 is 0. The maximum absolute atomic E-state index is 11.3. The van der Waals surface area contributed by atoms with Crippen molar-refractivity contribution in [1.29, 1.82) is 0 Å². The number of benzene rings is 2. The number of carbonyl (C=O) groups excluding carboxylic acids is 1. The normalized spacial score (nSPS) is 10.5. The molecule has 3 N–H and O–H groups in total. The number of hydrogen-bond acceptors (Lipinski definition) is 4. The maximum Gasteiger partial charge on any atom is 0.310 e. The quantitative estimate of drug-likeness (QED) is 0.507. The molecule has 3 aromatic rings. The molecule has 0 bridgehead atoms. The molecule has 1 aromatic heterocycles. The van der Waals surface area contributed by atoms with Gasteiger partial charge >= 0.3 is 5.91 Å². The summed E-state index contributed by atoms with van der Waals surface area (Å²) in [6.07, 6.45) is 0. The van der Waals surface area contributed by atoms with Gasteiger partial charge in [-0.05, 0) is 35.9 Å². The third kappa shape index (κ3) is 2.88. The van der Waals surface area contributed by atoms with Gasteiger partial charge in [0.25, 0.3) is 0 Å². The standard InChI is InChI=1S/C16H14N2O3/c19-16(18-20)15-9-12-8-11(6-7-14(12)21-15)10-17-13-4-2-1-3-5-13/h1-9,17,20H,10H2,(H,18,19). The first-order valence-corrected chi connectivity index (χ1v) is 6.52. The molecule has 1 amide bonds. The minimum absolute atomic E-state index is 0.0840. The first kappa shape index (κ1) is 13.2. The van der Waals surface area contributed by atoms with Crippen molar-refractivity contribution in [3.63, 3.8) is 0 Å². The van der Waals surface area contributed by atoms with Crippen LogP contribution in [0.5, 0.6) is 0 Å². The summed E-state index contributed by atoms with van der Waals surface area (Å²) in [5, 5.41) is 12.7. The molecular formula is C16H14N2O3. The molecule has 21 heavy (non-hydrogen) atoms. The predicted octanol–water partition coefficient (Wildman–Crippen LogP) is 3.16. The zero-order chi connectivity index (χ0) is 14.7. The van der Waals surface area contributed by atoms with Gasteiger partial charge in [0.05, 0.1) is 0 Å². The summed E-state index contributed by atoms with van der Waals surface area (Å²) in [5.74, 6) is -0.573. The first-order valence-electron chi connectivity index (χ1n) is 6.52. The highest BCUT2D eigenvalue weighted by atomic mass is 16.5. The Morgan fingerprint density at radius 1 is 1.10 bits per heavy atom. The number of rotatable bonds is 4. The van der Waals surface area contributed by atoms with E-state index in [9.17, 15) is 4.79 Å². The topological polar surface area (TPSA) is 74.5 Å². The lowest BCUT2D eigenvalue weighted by atomic mass is 10.1. The fraction of sp³-hybridized carbons (Fsp3) is 0.0625. The summed E-state index contributed by atoms with van der Waals surface area (Å²) in [6, 6.07) is 17.2. The van der Waals surface area contributed by atoms with Crippen LogP contribution < -0.4 is 10.8 Å². The third-order valence-electron chi connectivity index (χ3n) is 3.18. The van der Waals surface area contributed by atoms with Crippen LogP contribution >= 0.6 is 0 Å². The second kappa shape index (κ2) is 5.68. The number of anilines is 1. The van der Waals surface area contributed by atoms with Crippen LogP contribution in [0.1, 0.15) is 16.1 Å². The summed E-state index contributed by atoms with van der Waals surface area (Å²) < 4.78 is 5.35. The molecule has 1 heterocycles. The largest absolute Gasteiger partial charge is 0.451 e. The van der Waals surface area contributed by atoms with E-state index in [0.29, 0.717) is 12.1 Å². The lowest BCUT2D eigenvalue weighted by Gasteiger charge is -2.06. The molecule has 0 spiro atoms. The zero-order valence-electron chi connectivity index (χ0n) is 11.2. The number of nitrogens with one attached hydrogen (secondary N) is 2. The van der Waals surface area contributed by atoms with Crippen molar-refractivity contribution in [2.75, 3.05) is 5.32 Å². The summed E-state index contributed by atoms with van der Waals surface area (Å²) in [4.78, 5) is 11.3. The Bertz CT molecular complexity index is 766. The Morgan fingerprint density at radius 2 is 1.90 bits per heavy atom. The Balaban J connectivity index is 1.79. The monoisotopic (exact) mass is 282 g/mol. The van der Waals surface area contributed by atoms with Gasteiger partial charge < -0.3 is 9.73 Å². The lowest BCUT2D eigenvalue weighted by Crippen LogP contribution is -2.17. The van der Waals surface area contributed by atoms with Crippen LogP contribution in [-0.2, 0) is 6.54 Å². The van der Waals surface area contributed by atoms with Gasteiger partial charge in [-0.2, -0.15) is 0 Å². The van der Waals surface area contributed by atoms with Crippen LogP contribution in [0.25, 0.3) is 11.0 Å². The van der Waals surface area contributed by atoms with E-state index in [-0.39, 0.29) is 5.76 Å². The van der Waals surface area contributed by atoms with Gasteiger partial charge in [0.2, 0.25) is 0 Å². The van der Waals surface area contributed by atoms with Crippen LogP contribution in [0.4, 0.5) is 5.69 Å². The molecule has 5 nitrogen and oxygen atoms in total. The fourth-order valence-corrected chi connectivity index (χ4v) is 2.13. The van der Waals surface area contributed by atoms with E-state index in [0.717, 1.165) is 16.6 Å². The van der Waals surface area contributed by atoms with E-state index >= 15 is 0 Å². The van der Waals surface area contributed by atoms with Gasteiger partial charge in [0.1, 0.15) is 5.58 Å². The summed E-state index contributed by atoms with van der Waals surface area (Å²) in [7, 11) is 0. The number of hydrogen-bond donors (Lipinski definition) is 3. The van der Waals surface area contributed by atoms with Crippen molar-refractivity contribution in [2.45, 2.75) is 6.54 Å². The van der Waals surface area contributed by atoms with Crippen LogP contribution in [0.3, 0.4) is 0 Å². The molecular weight excluding hydrogens is 268 g/mol. The van der Waals surface area contributed by atoms with Crippen LogP contribution in [0.2, 0.25) is 0 Å². The number of hydroxylamine groups is 1. The average molecular weight is 282 g/mol. The molecule has 0 saturated carbocycles. The van der Waals surface area contributed by atoms with Crippen LogP contribution in [-0.4, -0.2) is 11.1 Å². The highest BCUT2D eigenvalue weighted by Crippen LogP contribution is 2.21. The second-order valence-corrected chi connectivity index (χ2v) is 4.64. The first-order chi connectivity index (χ1) is 10.3. The van der Waals surface area contributed by atoms with Crippen LogP contribution in [0.15, 0.2) is 59.0 Å². The highest BCUT2D eigenvalue weighted by molar-refractivity contribution is 5.95. The van der Waals surface area contributed by atoms with Crippen molar-refractivity contribution in [3.8, 4) is 0 Å². The smallest absolute Gasteiger partial charge is 0.310 e. The van der Waals surface area contributed by atoms with Gasteiger partial charge in [-0.15, -0.1) is 0 Å². The molecule has 0 unspecified atom stereocenters. The van der Waals surface area contributed by atoms with E-state index in [1.165, 1.54) is 0 Å².